The molecule has 1 N–H and O–H groups in total. The molecule has 3 rings (SSSR count). The van der Waals surface area contributed by atoms with Gasteiger partial charge in [0.25, 0.3) is 11.6 Å². The molecule has 1 aromatic heterocycles. The molecule has 0 aliphatic heterocycles. The number of imide groups is 1. The lowest BCUT2D eigenvalue weighted by Gasteiger charge is -2.20. The van der Waals surface area contributed by atoms with Crippen molar-refractivity contribution in [3.63, 3.8) is 0 Å². The second-order valence-corrected chi connectivity index (χ2v) is 6.16. The van der Waals surface area contributed by atoms with Gasteiger partial charge in [0.1, 0.15) is 16.8 Å². The molecule has 0 unspecified atom stereocenters. The van der Waals surface area contributed by atoms with Crippen molar-refractivity contribution in [1.29, 1.82) is 0 Å². The van der Waals surface area contributed by atoms with Crippen molar-refractivity contribution < 1.29 is 28.8 Å². The summed E-state index contributed by atoms with van der Waals surface area (Å²) in [5, 5.41) is 20.6. The third-order valence-corrected chi connectivity index (χ3v) is 4.20. The van der Waals surface area contributed by atoms with Gasteiger partial charge in [-0.1, -0.05) is 30.3 Å². The maximum absolute atomic E-state index is 13.1. The number of nitro groups is 1. The number of aliphatic carboxylic acids is 1. The Morgan fingerprint density at radius 1 is 1.03 bits per heavy atom. The van der Waals surface area contributed by atoms with E-state index >= 15 is 0 Å². The van der Waals surface area contributed by atoms with Gasteiger partial charge in [-0.05, 0) is 18.2 Å². The molecule has 0 saturated heterocycles. The van der Waals surface area contributed by atoms with Crippen molar-refractivity contribution in [2.24, 2.45) is 0 Å². The van der Waals surface area contributed by atoms with E-state index in [0.29, 0.717) is 10.3 Å². The van der Waals surface area contributed by atoms with E-state index in [9.17, 15) is 29.3 Å². The molecule has 3 aromatic rings. The number of hydrogen-bond acceptors (Lipinski definition) is 7. The van der Waals surface area contributed by atoms with Gasteiger partial charge >= 0.3 is 11.6 Å². The molecule has 0 bridgehead atoms. The van der Waals surface area contributed by atoms with Gasteiger partial charge in [-0.25, -0.2) is 9.69 Å². The summed E-state index contributed by atoms with van der Waals surface area (Å²) in [4.78, 5) is 60.1. The zero-order valence-corrected chi connectivity index (χ0v) is 15.3. The summed E-state index contributed by atoms with van der Waals surface area (Å²) in [7, 11) is 0. The largest absolute Gasteiger partial charge is 0.481 e. The zero-order chi connectivity index (χ0) is 21.8. The van der Waals surface area contributed by atoms with Crippen molar-refractivity contribution in [2.75, 3.05) is 4.90 Å². The highest BCUT2D eigenvalue weighted by molar-refractivity contribution is 6.22. The van der Waals surface area contributed by atoms with Gasteiger partial charge in [0, 0.05) is 17.9 Å². The number of amides is 2. The van der Waals surface area contributed by atoms with Crippen LogP contribution in [0.4, 0.5) is 11.4 Å². The molecule has 0 spiro atoms. The number of para-hydroxylation sites is 3. The number of carbonyl (C=O) groups is 3. The highest BCUT2D eigenvalue weighted by Crippen LogP contribution is 2.29. The number of carboxylic acids is 1. The molecule has 2 amide bonds. The predicted octanol–water partition coefficient (Wildman–Crippen LogP) is 2.74. The first kappa shape index (κ1) is 20.4. The molecule has 0 aliphatic carbocycles. The Morgan fingerprint density at radius 3 is 2.40 bits per heavy atom. The molecule has 0 aliphatic rings. The van der Waals surface area contributed by atoms with Crippen molar-refractivity contribution in [3.05, 3.63) is 80.7 Å². The first-order chi connectivity index (χ1) is 14.3. The number of nitrogens with zero attached hydrogens (tertiary/aromatic N) is 2. The van der Waals surface area contributed by atoms with Gasteiger partial charge in [0.2, 0.25) is 5.91 Å². The van der Waals surface area contributed by atoms with Crippen LogP contribution in [0.5, 0.6) is 0 Å². The van der Waals surface area contributed by atoms with Gasteiger partial charge in [0.05, 0.1) is 11.3 Å². The molecule has 152 valence electrons. The number of benzene rings is 2. The number of hydrogen-bond donors (Lipinski definition) is 1. The summed E-state index contributed by atoms with van der Waals surface area (Å²) in [6, 6.07) is 12.6. The zero-order valence-electron chi connectivity index (χ0n) is 15.3. The van der Waals surface area contributed by atoms with Crippen LogP contribution in [0.25, 0.3) is 11.0 Å². The molecule has 10 heteroatoms. The third kappa shape index (κ3) is 4.07. The van der Waals surface area contributed by atoms with E-state index in [1.165, 1.54) is 24.3 Å². The van der Waals surface area contributed by atoms with Gasteiger partial charge in [-0.3, -0.25) is 24.5 Å². The second kappa shape index (κ2) is 8.35. The fourth-order valence-corrected chi connectivity index (χ4v) is 2.82. The highest BCUT2D eigenvalue weighted by Gasteiger charge is 2.32. The fourth-order valence-electron chi connectivity index (χ4n) is 2.82. The number of nitro benzene ring substituents is 1. The van der Waals surface area contributed by atoms with Gasteiger partial charge in [0.15, 0.2) is 0 Å². The van der Waals surface area contributed by atoms with E-state index in [4.69, 9.17) is 9.52 Å². The minimum Gasteiger partial charge on any atom is -0.481 e. The van der Waals surface area contributed by atoms with Crippen molar-refractivity contribution in [3.8, 4) is 0 Å². The second-order valence-electron chi connectivity index (χ2n) is 6.16. The standard InChI is InChI=1S/C20H14N2O8/c23-17(9-10-18(24)25)21(14-6-2-3-7-15(14)22(28)29)19(26)13-11-12-5-1-4-8-16(12)30-20(13)27/h1-8,11H,9-10H2,(H,24,25). The maximum Gasteiger partial charge on any atom is 0.349 e. The molecule has 1 heterocycles. The van der Waals surface area contributed by atoms with E-state index in [1.807, 2.05) is 0 Å². The van der Waals surface area contributed by atoms with Crippen molar-refractivity contribution in [2.45, 2.75) is 12.8 Å². The van der Waals surface area contributed by atoms with E-state index in [-0.39, 0.29) is 11.3 Å². The normalized spacial score (nSPS) is 10.5. The Labute approximate surface area is 168 Å². The average molecular weight is 410 g/mol. The Balaban J connectivity index is 2.15. The summed E-state index contributed by atoms with van der Waals surface area (Å²) in [6.45, 7) is 0. The van der Waals surface area contributed by atoms with E-state index in [0.717, 1.165) is 12.1 Å². The number of anilines is 1. The van der Waals surface area contributed by atoms with Crippen molar-refractivity contribution in [1.82, 2.24) is 0 Å². The SMILES string of the molecule is O=C(O)CCC(=O)N(C(=O)c1cc2ccccc2oc1=O)c1ccccc1[N+](=O)[O-]. The predicted molar refractivity (Wildman–Crippen MR) is 104 cm³/mol. The number of carboxylic acid groups (broad SMARTS) is 1. The Hall–Kier alpha value is -4.34. The Bertz CT molecular complexity index is 1230. The lowest BCUT2D eigenvalue weighted by Crippen LogP contribution is -2.39. The van der Waals surface area contributed by atoms with Crippen LogP contribution in [0.3, 0.4) is 0 Å². The highest BCUT2D eigenvalue weighted by atomic mass is 16.6. The minimum absolute atomic E-state index is 0.216. The quantitative estimate of drug-likeness (QED) is 0.370. The molecular formula is C20H14N2O8. The van der Waals surface area contributed by atoms with Crippen LogP contribution in [-0.4, -0.2) is 27.8 Å². The topological polar surface area (TPSA) is 148 Å². The van der Waals surface area contributed by atoms with Crippen molar-refractivity contribution >= 4 is 40.1 Å². The molecule has 30 heavy (non-hydrogen) atoms. The summed E-state index contributed by atoms with van der Waals surface area (Å²) >= 11 is 0. The van der Waals surface area contributed by atoms with Crippen LogP contribution in [0.2, 0.25) is 0 Å². The monoisotopic (exact) mass is 410 g/mol. The van der Waals surface area contributed by atoms with Crippen LogP contribution < -0.4 is 10.5 Å². The fraction of sp³-hybridized carbons (Fsp3) is 0.100. The van der Waals surface area contributed by atoms with Gasteiger partial charge in [-0.15, -0.1) is 0 Å². The van der Waals surface area contributed by atoms with Crippen LogP contribution >= 0.6 is 0 Å². The van der Waals surface area contributed by atoms with Crippen LogP contribution in [0, 0.1) is 10.1 Å². The maximum atomic E-state index is 13.1. The van der Waals surface area contributed by atoms with Crippen LogP contribution in [-0.2, 0) is 9.59 Å². The molecule has 0 atom stereocenters. The number of fused-ring (bicyclic) bond motifs is 1. The molecule has 0 radical (unpaired) electrons. The molecule has 0 fully saturated rings. The first-order valence-electron chi connectivity index (χ1n) is 8.65. The van der Waals surface area contributed by atoms with Gasteiger partial charge < -0.3 is 9.52 Å². The number of carbonyl (C=O) groups excluding carboxylic acids is 2. The smallest absolute Gasteiger partial charge is 0.349 e. The lowest BCUT2D eigenvalue weighted by molar-refractivity contribution is -0.384. The van der Waals surface area contributed by atoms with E-state index in [1.54, 1.807) is 18.2 Å². The number of rotatable bonds is 6. The lowest BCUT2D eigenvalue weighted by atomic mass is 10.1. The first-order valence-corrected chi connectivity index (χ1v) is 8.65. The average Bonchev–Trinajstić information content (AvgIpc) is 2.72. The summed E-state index contributed by atoms with van der Waals surface area (Å²) in [5.74, 6) is -3.45. The third-order valence-electron chi connectivity index (χ3n) is 4.20. The van der Waals surface area contributed by atoms with E-state index < -0.39 is 52.4 Å². The summed E-state index contributed by atoms with van der Waals surface area (Å²) in [5.41, 5.74) is -2.27. The Morgan fingerprint density at radius 2 is 1.70 bits per heavy atom. The molecule has 2 aromatic carbocycles. The minimum atomic E-state index is -1.29. The molecule has 10 nitrogen and oxygen atoms in total. The Kier molecular flexibility index (Phi) is 5.68. The van der Waals surface area contributed by atoms with Crippen LogP contribution in [0.1, 0.15) is 23.2 Å². The van der Waals surface area contributed by atoms with Gasteiger partial charge in [-0.2, -0.15) is 0 Å². The molecular weight excluding hydrogens is 396 g/mol. The summed E-state index contributed by atoms with van der Waals surface area (Å²) in [6.07, 6.45) is -1.21. The summed E-state index contributed by atoms with van der Waals surface area (Å²) < 4.78 is 5.11. The van der Waals surface area contributed by atoms with Crippen LogP contribution in [0.15, 0.2) is 63.8 Å². The molecule has 0 saturated carbocycles. The van der Waals surface area contributed by atoms with E-state index in [2.05, 4.69) is 0 Å².